The highest BCUT2D eigenvalue weighted by molar-refractivity contribution is 7.15. The lowest BCUT2D eigenvalue weighted by atomic mass is 10.2. The van der Waals surface area contributed by atoms with Crippen molar-refractivity contribution < 1.29 is 9.53 Å². The Balaban J connectivity index is 1.31. The molecule has 0 aliphatic rings. The number of nitrogens with zero attached hydrogens (tertiary/aromatic N) is 3. The first kappa shape index (κ1) is 17.7. The molecule has 27 heavy (non-hydrogen) atoms. The molecule has 0 saturated carbocycles. The lowest BCUT2D eigenvalue weighted by molar-refractivity contribution is -0.123. The minimum absolute atomic E-state index is 0.00967. The molecule has 3 heterocycles. The molecule has 1 N–H and O–H groups in total. The molecule has 0 saturated heterocycles. The van der Waals surface area contributed by atoms with E-state index >= 15 is 0 Å². The molecule has 3 aromatic heterocycles. The van der Waals surface area contributed by atoms with Crippen LogP contribution < -0.4 is 10.1 Å². The minimum atomic E-state index is -0.136. The summed E-state index contributed by atoms with van der Waals surface area (Å²) in [6.45, 7) is 2.49. The van der Waals surface area contributed by atoms with Gasteiger partial charge >= 0.3 is 0 Å². The molecule has 4 aromatic rings. The van der Waals surface area contributed by atoms with E-state index in [0.717, 1.165) is 32.7 Å². The summed E-state index contributed by atoms with van der Waals surface area (Å²) in [5, 5.41) is 11.5. The molecule has 138 valence electrons. The number of para-hydroxylation sites is 1. The monoisotopic (exact) mass is 398 g/mol. The van der Waals surface area contributed by atoms with Gasteiger partial charge in [0.1, 0.15) is 5.75 Å². The number of thiophene rings is 1. The van der Waals surface area contributed by atoms with Crippen molar-refractivity contribution in [2.45, 2.75) is 13.3 Å². The van der Waals surface area contributed by atoms with Crippen molar-refractivity contribution in [1.29, 1.82) is 0 Å². The van der Waals surface area contributed by atoms with Crippen LogP contribution in [-0.2, 0) is 11.2 Å². The normalized spacial score (nSPS) is 11.0. The van der Waals surface area contributed by atoms with E-state index in [1.54, 1.807) is 22.7 Å². The Morgan fingerprint density at radius 1 is 1.22 bits per heavy atom. The quantitative estimate of drug-likeness (QED) is 0.517. The number of aromatic nitrogens is 3. The Hall–Kier alpha value is -2.71. The second-order valence-corrected chi connectivity index (χ2v) is 7.77. The first-order chi connectivity index (χ1) is 13.2. The number of hydrogen-bond donors (Lipinski definition) is 1. The van der Waals surface area contributed by atoms with E-state index in [4.69, 9.17) is 4.74 Å². The molecule has 0 aliphatic carbocycles. The van der Waals surface area contributed by atoms with E-state index in [9.17, 15) is 4.79 Å². The summed E-state index contributed by atoms with van der Waals surface area (Å²) in [7, 11) is 0. The maximum absolute atomic E-state index is 12.0. The Morgan fingerprint density at radius 2 is 2.11 bits per heavy atom. The number of nitrogens with one attached hydrogen (secondary N) is 1. The average molecular weight is 399 g/mol. The lowest BCUT2D eigenvalue weighted by Gasteiger charge is -2.09. The zero-order valence-electron chi connectivity index (χ0n) is 14.7. The van der Waals surface area contributed by atoms with Gasteiger partial charge < -0.3 is 10.1 Å². The van der Waals surface area contributed by atoms with Crippen LogP contribution in [0, 0.1) is 6.92 Å². The molecular formula is C19H18N4O2S2. The van der Waals surface area contributed by atoms with Gasteiger partial charge in [-0.2, -0.15) is 4.98 Å². The third kappa shape index (κ3) is 4.01. The van der Waals surface area contributed by atoms with Crippen LogP contribution in [0.1, 0.15) is 11.3 Å². The summed E-state index contributed by atoms with van der Waals surface area (Å²) in [4.78, 5) is 18.5. The number of carbonyl (C=O) groups excluding carboxylic acids is 1. The van der Waals surface area contributed by atoms with E-state index in [1.165, 1.54) is 0 Å². The van der Waals surface area contributed by atoms with E-state index in [0.29, 0.717) is 13.0 Å². The van der Waals surface area contributed by atoms with Crippen molar-refractivity contribution in [2.75, 3.05) is 13.2 Å². The van der Waals surface area contributed by atoms with Gasteiger partial charge in [0.25, 0.3) is 5.91 Å². The fourth-order valence-corrected chi connectivity index (χ4v) is 4.16. The highest BCUT2D eigenvalue weighted by Gasteiger charge is 2.12. The summed E-state index contributed by atoms with van der Waals surface area (Å²) < 4.78 is 7.42. The maximum Gasteiger partial charge on any atom is 0.257 e. The van der Waals surface area contributed by atoms with E-state index < -0.39 is 0 Å². The van der Waals surface area contributed by atoms with Crippen LogP contribution in [0.5, 0.6) is 5.75 Å². The van der Waals surface area contributed by atoms with Gasteiger partial charge in [-0.05, 0) is 30.0 Å². The molecule has 0 radical (unpaired) electrons. The number of ether oxygens (including phenoxy) is 1. The van der Waals surface area contributed by atoms with Gasteiger partial charge in [0.2, 0.25) is 4.96 Å². The third-order valence-electron chi connectivity index (χ3n) is 4.05. The summed E-state index contributed by atoms with van der Waals surface area (Å²) in [6, 6.07) is 11.7. The second-order valence-electron chi connectivity index (χ2n) is 5.99. The van der Waals surface area contributed by atoms with Crippen LogP contribution in [0.2, 0.25) is 0 Å². The number of benzene rings is 1. The van der Waals surface area contributed by atoms with Crippen LogP contribution in [0.3, 0.4) is 0 Å². The Kier molecular flexibility index (Phi) is 5.17. The van der Waals surface area contributed by atoms with Gasteiger partial charge in [-0.25, -0.2) is 4.52 Å². The smallest absolute Gasteiger partial charge is 0.257 e. The van der Waals surface area contributed by atoms with Crippen molar-refractivity contribution in [3.63, 3.8) is 0 Å². The number of rotatable bonds is 7. The summed E-state index contributed by atoms with van der Waals surface area (Å²) in [5.41, 5.74) is 2.05. The first-order valence-corrected chi connectivity index (χ1v) is 10.3. The topological polar surface area (TPSA) is 68.5 Å². The predicted molar refractivity (Wildman–Crippen MR) is 108 cm³/mol. The predicted octanol–water partition coefficient (Wildman–Crippen LogP) is 3.57. The van der Waals surface area contributed by atoms with Crippen molar-refractivity contribution in [1.82, 2.24) is 19.9 Å². The summed E-state index contributed by atoms with van der Waals surface area (Å²) in [6.07, 6.45) is 0.684. The number of amides is 1. The molecule has 8 heteroatoms. The van der Waals surface area contributed by atoms with E-state index in [2.05, 4.69) is 15.4 Å². The van der Waals surface area contributed by atoms with Crippen LogP contribution in [0.4, 0.5) is 0 Å². The van der Waals surface area contributed by atoms with Crippen LogP contribution >= 0.6 is 22.7 Å². The lowest BCUT2D eigenvalue weighted by Crippen LogP contribution is -2.30. The zero-order valence-corrected chi connectivity index (χ0v) is 16.3. The molecule has 0 atom stereocenters. The molecule has 0 unspecified atom stereocenters. The fourth-order valence-electron chi connectivity index (χ4n) is 2.65. The number of carbonyl (C=O) groups is 1. The van der Waals surface area contributed by atoms with Crippen LogP contribution in [0.25, 0.3) is 15.7 Å². The molecule has 6 nitrogen and oxygen atoms in total. The van der Waals surface area contributed by atoms with Gasteiger partial charge in [0.15, 0.2) is 12.4 Å². The van der Waals surface area contributed by atoms with Gasteiger partial charge in [-0.1, -0.05) is 24.3 Å². The highest BCUT2D eigenvalue weighted by atomic mass is 32.1. The Morgan fingerprint density at radius 3 is 2.93 bits per heavy atom. The molecule has 1 aromatic carbocycles. The molecular weight excluding hydrogens is 380 g/mol. The standard InChI is InChI=1S/C19H18N4O2S2/c1-13-5-2-3-6-15(13)25-11-17(24)20-9-8-14-12-27-19-21-18(22-23(14)19)16-7-4-10-26-16/h2-7,10,12H,8-9,11H2,1H3,(H,20,24). The Bertz CT molecular complexity index is 1050. The second kappa shape index (κ2) is 7.89. The van der Waals surface area contributed by atoms with E-state index in [1.807, 2.05) is 58.6 Å². The van der Waals surface area contributed by atoms with Crippen LogP contribution in [0.15, 0.2) is 47.2 Å². The zero-order chi connectivity index (χ0) is 18.6. The van der Waals surface area contributed by atoms with Crippen LogP contribution in [-0.4, -0.2) is 33.7 Å². The highest BCUT2D eigenvalue weighted by Crippen LogP contribution is 2.24. The maximum atomic E-state index is 12.0. The van der Waals surface area contributed by atoms with Crippen molar-refractivity contribution in [3.05, 3.63) is 58.4 Å². The van der Waals surface area contributed by atoms with Gasteiger partial charge in [-0.3, -0.25) is 4.79 Å². The number of thiazole rings is 1. The molecule has 1 amide bonds. The third-order valence-corrected chi connectivity index (χ3v) is 5.78. The molecule has 0 fully saturated rings. The summed E-state index contributed by atoms with van der Waals surface area (Å²) in [5.74, 6) is 1.34. The van der Waals surface area contributed by atoms with Gasteiger partial charge in [0, 0.05) is 18.3 Å². The van der Waals surface area contributed by atoms with Crippen molar-refractivity contribution in [3.8, 4) is 16.5 Å². The first-order valence-electron chi connectivity index (χ1n) is 8.53. The molecule has 0 aliphatic heterocycles. The van der Waals surface area contributed by atoms with E-state index in [-0.39, 0.29) is 12.5 Å². The SMILES string of the molecule is Cc1ccccc1OCC(=O)NCCc1csc2nc(-c3cccs3)nn12. The van der Waals surface area contributed by atoms with Gasteiger partial charge in [0.05, 0.1) is 10.6 Å². The number of fused-ring (bicyclic) bond motifs is 1. The summed E-state index contributed by atoms with van der Waals surface area (Å²) >= 11 is 3.18. The van der Waals surface area contributed by atoms with Crippen molar-refractivity contribution >= 4 is 33.5 Å². The molecule has 0 bridgehead atoms. The minimum Gasteiger partial charge on any atom is -0.484 e. The molecule has 4 rings (SSSR count). The molecule has 0 spiro atoms. The number of hydrogen-bond acceptors (Lipinski definition) is 6. The van der Waals surface area contributed by atoms with Crippen molar-refractivity contribution in [2.24, 2.45) is 0 Å². The fraction of sp³-hybridized carbons (Fsp3) is 0.211. The average Bonchev–Trinajstić information content (AvgIpc) is 3.39. The Labute approximate surface area is 164 Å². The van der Waals surface area contributed by atoms with Gasteiger partial charge in [-0.15, -0.1) is 27.8 Å². The number of aryl methyl sites for hydroxylation is 1. The largest absolute Gasteiger partial charge is 0.484 e.